The molecule has 2 aromatic rings. The van der Waals surface area contributed by atoms with Crippen LogP contribution in [0.15, 0.2) is 36.4 Å². The Morgan fingerprint density at radius 1 is 1.26 bits per heavy atom. The predicted molar refractivity (Wildman–Crippen MR) is 71.0 cm³/mol. The standard InChI is InChI=1S/C15H13FN2O/c1-19-15-5-2-10(8-17)6-13(15)11-3-4-12(9-18)14(16)7-11/h2-7H,9,18H2,1H3. The van der Waals surface area contributed by atoms with Gasteiger partial charge in [-0.3, -0.25) is 0 Å². The van der Waals surface area contributed by atoms with Crippen LogP contribution in [0.2, 0.25) is 0 Å². The lowest BCUT2D eigenvalue weighted by Gasteiger charge is -2.10. The van der Waals surface area contributed by atoms with Crippen LogP contribution in [0, 0.1) is 17.1 Å². The molecule has 0 spiro atoms. The van der Waals surface area contributed by atoms with E-state index in [4.69, 9.17) is 15.7 Å². The zero-order chi connectivity index (χ0) is 13.8. The van der Waals surface area contributed by atoms with E-state index in [0.29, 0.717) is 28.0 Å². The first kappa shape index (κ1) is 13.1. The van der Waals surface area contributed by atoms with E-state index in [1.54, 1.807) is 30.3 Å². The Kier molecular flexibility index (Phi) is 3.79. The van der Waals surface area contributed by atoms with Gasteiger partial charge in [-0.05, 0) is 29.8 Å². The van der Waals surface area contributed by atoms with Crippen LogP contribution in [0.3, 0.4) is 0 Å². The normalized spacial score (nSPS) is 10.0. The fraction of sp³-hybridized carbons (Fsp3) is 0.133. The summed E-state index contributed by atoms with van der Waals surface area (Å²) >= 11 is 0. The molecule has 96 valence electrons. The van der Waals surface area contributed by atoms with E-state index in [9.17, 15) is 4.39 Å². The first-order chi connectivity index (χ1) is 9.19. The van der Waals surface area contributed by atoms with Crippen molar-refractivity contribution in [2.45, 2.75) is 6.54 Å². The van der Waals surface area contributed by atoms with Gasteiger partial charge < -0.3 is 10.5 Å². The van der Waals surface area contributed by atoms with Crippen molar-refractivity contribution in [3.8, 4) is 22.9 Å². The van der Waals surface area contributed by atoms with Crippen molar-refractivity contribution in [2.24, 2.45) is 5.73 Å². The highest BCUT2D eigenvalue weighted by atomic mass is 19.1. The van der Waals surface area contributed by atoms with E-state index in [2.05, 4.69) is 6.07 Å². The molecule has 0 saturated carbocycles. The molecule has 0 aromatic heterocycles. The maximum Gasteiger partial charge on any atom is 0.128 e. The number of halogens is 1. The summed E-state index contributed by atoms with van der Waals surface area (Å²) in [5, 5.41) is 8.93. The molecule has 3 nitrogen and oxygen atoms in total. The molecule has 2 aromatic carbocycles. The third kappa shape index (κ3) is 2.56. The fourth-order valence-corrected chi connectivity index (χ4v) is 1.88. The van der Waals surface area contributed by atoms with Gasteiger partial charge in [-0.15, -0.1) is 0 Å². The zero-order valence-electron chi connectivity index (χ0n) is 10.5. The SMILES string of the molecule is COc1ccc(C#N)cc1-c1ccc(CN)c(F)c1. The number of hydrogen-bond donors (Lipinski definition) is 1. The summed E-state index contributed by atoms with van der Waals surface area (Å²) < 4.78 is 19.0. The fourth-order valence-electron chi connectivity index (χ4n) is 1.88. The van der Waals surface area contributed by atoms with Crippen LogP contribution in [0.1, 0.15) is 11.1 Å². The highest BCUT2D eigenvalue weighted by molar-refractivity contribution is 5.72. The van der Waals surface area contributed by atoms with Crippen molar-refractivity contribution < 1.29 is 9.13 Å². The Balaban J connectivity index is 2.57. The molecule has 0 aliphatic rings. The molecule has 19 heavy (non-hydrogen) atoms. The number of benzene rings is 2. The minimum absolute atomic E-state index is 0.154. The molecule has 0 bridgehead atoms. The molecule has 0 aliphatic heterocycles. The van der Waals surface area contributed by atoms with Crippen LogP contribution in [0.5, 0.6) is 5.75 Å². The molecular formula is C15H13FN2O. The summed E-state index contributed by atoms with van der Waals surface area (Å²) in [6.07, 6.45) is 0. The summed E-state index contributed by atoms with van der Waals surface area (Å²) in [6.45, 7) is 0.154. The average Bonchev–Trinajstić information content (AvgIpc) is 2.46. The Morgan fingerprint density at radius 3 is 2.63 bits per heavy atom. The Morgan fingerprint density at radius 2 is 2.05 bits per heavy atom. The quantitative estimate of drug-likeness (QED) is 0.918. The van der Waals surface area contributed by atoms with Crippen LogP contribution in [-0.2, 0) is 6.54 Å². The maximum absolute atomic E-state index is 13.8. The van der Waals surface area contributed by atoms with Gasteiger partial charge in [-0.1, -0.05) is 12.1 Å². The number of nitrogens with zero attached hydrogens (tertiary/aromatic N) is 1. The van der Waals surface area contributed by atoms with Gasteiger partial charge in [0, 0.05) is 17.7 Å². The van der Waals surface area contributed by atoms with Gasteiger partial charge >= 0.3 is 0 Å². The Labute approximate surface area is 111 Å². The van der Waals surface area contributed by atoms with Crippen molar-refractivity contribution in [1.29, 1.82) is 5.26 Å². The monoisotopic (exact) mass is 256 g/mol. The molecule has 0 unspecified atom stereocenters. The summed E-state index contributed by atoms with van der Waals surface area (Å²) in [5.41, 5.74) is 7.73. The highest BCUT2D eigenvalue weighted by Gasteiger charge is 2.09. The smallest absolute Gasteiger partial charge is 0.128 e. The van der Waals surface area contributed by atoms with Gasteiger partial charge in [-0.25, -0.2) is 4.39 Å². The zero-order valence-corrected chi connectivity index (χ0v) is 10.5. The van der Waals surface area contributed by atoms with E-state index in [1.807, 2.05) is 0 Å². The van der Waals surface area contributed by atoms with Gasteiger partial charge in [0.2, 0.25) is 0 Å². The van der Waals surface area contributed by atoms with E-state index in [1.165, 1.54) is 13.2 Å². The maximum atomic E-state index is 13.8. The first-order valence-corrected chi connectivity index (χ1v) is 5.76. The van der Waals surface area contributed by atoms with Crippen molar-refractivity contribution in [1.82, 2.24) is 0 Å². The summed E-state index contributed by atoms with van der Waals surface area (Å²) in [4.78, 5) is 0. The van der Waals surface area contributed by atoms with Crippen LogP contribution < -0.4 is 10.5 Å². The van der Waals surface area contributed by atoms with Crippen molar-refractivity contribution >= 4 is 0 Å². The molecule has 0 fully saturated rings. The molecule has 2 N–H and O–H groups in total. The summed E-state index contributed by atoms with van der Waals surface area (Å²) in [7, 11) is 1.54. The first-order valence-electron chi connectivity index (χ1n) is 5.76. The number of ether oxygens (including phenoxy) is 1. The Bertz CT molecular complexity index is 647. The molecule has 0 heterocycles. The second-order valence-corrected chi connectivity index (χ2v) is 4.04. The largest absolute Gasteiger partial charge is 0.496 e. The number of methoxy groups -OCH3 is 1. The topological polar surface area (TPSA) is 59.0 Å². The third-order valence-electron chi connectivity index (χ3n) is 2.91. The van der Waals surface area contributed by atoms with E-state index >= 15 is 0 Å². The number of nitrogens with two attached hydrogens (primary N) is 1. The lowest BCUT2D eigenvalue weighted by Crippen LogP contribution is -1.99. The molecule has 0 atom stereocenters. The molecule has 0 saturated heterocycles. The van der Waals surface area contributed by atoms with Gasteiger partial charge in [0.1, 0.15) is 11.6 Å². The van der Waals surface area contributed by atoms with Gasteiger partial charge in [-0.2, -0.15) is 5.26 Å². The summed E-state index contributed by atoms with van der Waals surface area (Å²) in [6, 6.07) is 11.9. The van der Waals surface area contributed by atoms with Crippen molar-refractivity contribution in [3.05, 3.63) is 53.3 Å². The number of rotatable bonds is 3. The third-order valence-corrected chi connectivity index (χ3v) is 2.91. The van der Waals surface area contributed by atoms with Crippen LogP contribution in [0.4, 0.5) is 4.39 Å². The van der Waals surface area contributed by atoms with Crippen LogP contribution in [-0.4, -0.2) is 7.11 Å². The minimum atomic E-state index is -0.357. The predicted octanol–water partition coefficient (Wildman–Crippen LogP) is 2.83. The van der Waals surface area contributed by atoms with Gasteiger partial charge in [0.05, 0.1) is 18.7 Å². The van der Waals surface area contributed by atoms with Crippen LogP contribution in [0.25, 0.3) is 11.1 Å². The molecule has 2 rings (SSSR count). The average molecular weight is 256 g/mol. The molecule has 0 amide bonds. The number of hydrogen-bond acceptors (Lipinski definition) is 3. The molecule has 0 radical (unpaired) electrons. The van der Waals surface area contributed by atoms with Gasteiger partial charge in [0.15, 0.2) is 0 Å². The molecule has 4 heteroatoms. The number of nitriles is 1. The van der Waals surface area contributed by atoms with E-state index in [0.717, 1.165) is 0 Å². The van der Waals surface area contributed by atoms with Crippen molar-refractivity contribution in [2.75, 3.05) is 7.11 Å². The molecular weight excluding hydrogens is 243 g/mol. The van der Waals surface area contributed by atoms with E-state index in [-0.39, 0.29) is 12.4 Å². The lowest BCUT2D eigenvalue weighted by atomic mass is 10.0. The highest BCUT2D eigenvalue weighted by Crippen LogP contribution is 2.31. The molecule has 0 aliphatic carbocycles. The minimum Gasteiger partial charge on any atom is -0.496 e. The second-order valence-electron chi connectivity index (χ2n) is 4.04. The van der Waals surface area contributed by atoms with Gasteiger partial charge in [0.25, 0.3) is 0 Å². The lowest BCUT2D eigenvalue weighted by molar-refractivity contribution is 0.416. The summed E-state index contributed by atoms with van der Waals surface area (Å²) in [5.74, 6) is 0.239. The second kappa shape index (κ2) is 5.51. The van der Waals surface area contributed by atoms with Crippen LogP contribution >= 0.6 is 0 Å². The Hall–Kier alpha value is -2.38. The van der Waals surface area contributed by atoms with Crippen molar-refractivity contribution in [3.63, 3.8) is 0 Å². The van der Waals surface area contributed by atoms with E-state index < -0.39 is 0 Å².